The van der Waals surface area contributed by atoms with Crippen LogP contribution in [0.1, 0.15) is 53.3 Å². The number of rotatable bonds is 5. The lowest BCUT2D eigenvalue weighted by Crippen LogP contribution is -2.32. The average Bonchev–Trinajstić information content (AvgIpc) is 3.08. The molecule has 0 aliphatic heterocycles. The summed E-state index contributed by atoms with van der Waals surface area (Å²) in [5.74, 6) is 0.249. The Morgan fingerprint density at radius 2 is 1.79 bits per heavy atom. The first-order valence-electron chi connectivity index (χ1n) is 8.13. The molecule has 0 unspecified atom stereocenters. The number of hydrogen-bond donors (Lipinski definition) is 2. The normalized spacial score (nSPS) is 14.4. The summed E-state index contributed by atoms with van der Waals surface area (Å²) >= 11 is 0. The van der Waals surface area contributed by atoms with Gasteiger partial charge in [0.05, 0.1) is 5.56 Å². The van der Waals surface area contributed by atoms with Gasteiger partial charge in [-0.3, -0.25) is 9.59 Å². The van der Waals surface area contributed by atoms with Crippen molar-refractivity contribution in [3.05, 3.63) is 47.8 Å². The van der Waals surface area contributed by atoms with E-state index in [0.29, 0.717) is 17.1 Å². The molecule has 24 heavy (non-hydrogen) atoms. The number of benzene rings is 1. The molecule has 6 heteroatoms. The summed E-state index contributed by atoms with van der Waals surface area (Å²) in [5, 5.41) is 6.04. The van der Waals surface area contributed by atoms with Gasteiger partial charge in [-0.1, -0.05) is 25.0 Å². The molecule has 1 aliphatic carbocycles. The molecule has 0 atom stereocenters. The SMILES string of the molecule is CC(=O)c1cccc(Nc2ncc(C(=O)NC3CCCC3)cn2)c1. The Kier molecular flexibility index (Phi) is 4.84. The Bertz CT molecular complexity index is 737. The van der Waals surface area contributed by atoms with Crippen LogP contribution in [0.25, 0.3) is 0 Å². The number of carbonyl (C=O) groups is 2. The Labute approximate surface area is 140 Å². The molecule has 1 amide bonds. The molecule has 0 spiro atoms. The molecule has 0 bridgehead atoms. The molecule has 124 valence electrons. The van der Waals surface area contributed by atoms with Crippen LogP contribution in [0.5, 0.6) is 0 Å². The summed E-state index contributed by atoms with van der Waals surface area (Å²) in [6, 6.07) is 7.39. The van der Waals surface area contributed by atoms with E-state index in [0.717, 1.165) is 18.5 Å². The highest BCUT2D eigenvalue weighted by Crippen LogP contribution is 2.18. The van der Waals surface area contributed by atoms with Crippen molar-refractivity contribution in [3.8, 4) is 0 Å². The van der Waals surface area contributed by atoms with Gasteiger partial charge in [0.25, 0.3) is 5.91 Å². The van der Waals surface area contributed by atoms with Crippen LogP contribution in [0.3, 0.4) is 0 Å². The van der Waals surface area contributed by atoms with Gasteiger partial charge in [0.15, 0.2) is 5.78 Å². The molecule has 2 aromatic rings. The van der Waals surface area contributed by atoms with Gasteiger partial charge in [0.1, 0.15) is 0 Å². The number of ketones is 1. The number of nitrogens with zero attached hydrogens (tertiary/aromatic N) is 2. The molecule has 2 N–H and O–H groups in total. The van der Waals surface area contributed by atoms with E-state index in [1.807, 2.05) is 6.07 Å². The maximum atomic E-state index is 12.1. The van der Waals surface area contributed by atoms with E-state index in [1.165, 1.54) is 32.2 Å². The monoisotopic (exact) mass is 324 g/mol. The van der Waals surface area contributed by atoms with Crippen molar-refractivity contribution in [2.45, 2.75) is 38.6 Å². The van der Waals surface area contributed by atoms with E-state index in [4.69, 9.17) is 0 Å². The third kappa shape index (κ3) is 3.95. The minimum absolute atomic E-state index is 0.00139. The number of carbonyl (C=O) groups excluding carboxylic acids is 2. The Balaban J connectivity index is 1.64. The van der Waals surface area contributed by atoms with E-state index in [9.17, 15) is 9.59 Å². The molecule has 1 fully saturated rings. The van der Waals surface area contributed by atoms with Gasteiger partial charge in [-0.25, -0.2) is 9.97 Å². The number of anilines is 2. The van der Waals surface area contributed by atoms with Crippen LogP contribution in [0.15, 0.2) is 36.7 Å². The first kappa shape index (κ1) is 16.1. The second-order valence-corrected chi connectivity index (χ2v) is 6.01. The minimum atomic E-state index is -0.132. The lowest BCUT2D eigenvalue weighted by molar-refractivity contribution is 0.0936. The van der Waals surface area contributed by atoms with Crippen LogP contribution in [0.4, 0.5) is 11.6 Å². The van der Waals surface area contributed by atoms with E-state index in [2.05, 4.69) is 20.6 Å². The topological polar surface area (TPSA) is 84.0 Å². The summed E-state index contributed by atoms with van der Waals surface area (Å²) in [6.45, 7) is 1.52. The number of nitrogens with one attached hydrogen (secondary N) is 2. The predicted octanol–water partition coefficient (Wildman–Crippen LogP) is 3.10. The van der Waals surface area contributed by atoms with Crippen molar-refractivity contribution >= 4 is 23.3 Å². The fourth-order valence-corrected chi connectivity index (χ4v) is 2.79. The number of hydrogen-bond acceptors (Lipinski definition) is 5. The minimum Gasteiger partial charge on any atom is -0.349 e. The van der Waals surface area contributed by atoms with Gasteiger partial charge in [-0.2, -0.15) is 0 Å². The first-order chi connectivity index (χ1) is 11.6. The van der Waals surface area contributed by atoms with Crippen LogP contribution < -0.4 is 10.6 Å². The van der Waals surface area contributed by atoms with Crippen LogP contribution in [0, 0.1) is 0 Å². The predicted molar refractivity (Wildman–Crippen MR) is 91.5 cm³/mol. The lowest BCUT2D eigenvalue weighted by Gasteiger charge is -2.11. The van der Waals surface area contributed by atoms with Crippen LogP contribution in [-0.4, -0.2) is 27.7 Å². The highest BCUT2D eigenvalue weighted by atomic mass is 16.1. The quantitative estimate of drug-likeness (QED) is 0.826. The molecular weight excluding hydrogens is 304 g/mol. The average molecular weight is 324 g/mol. The molecule has 1 aromatic carbocycles. The van der Waals surface area contributed by atoms with Gasteiger partial charge in [0.2, 0.25) is 5.95 Å². The maximum Gasteiger partial charge on any atom is 0.254 e. The van der Waals surface area contributed by atoms with E-state index in [1.54, 1.807) is 18.2 Å². The number of amides is 1. The smallest absolute Gasteiger partial charge is 0.254 e. The second kappa shape index (κ2) is 7.21. The van der Waals surface area contributed by atoms with Crippen molar-refractivity contribution in [1.29, 1.82) is 0 Å². The van der Waals surface area contributed by atoms with Crippen molar-refractivity contribution in [2.75, 3.05) is 5.32 Å². The molecule has 0 saturated heterocycles. The van der Waals surface area contributed by atoms with Gasteiger partial charge in [0, 0.05) is 29.7 Å². The number of Topliss-reactive ketones (excluding diaryl/α,β-unsaturated/α-hetero) is 1. The third-order valence-electron chi connectivity index (χ3n) is 4.13. The van der Waals surface area contributed by atoms with Crippen LogP contribution in [-0.2, 0) is 0 Å². The van der Waals surface area contributed by atoms with E-state index >= 15 is 0 Å². The molecule has 1 saturated carbocycles. The number of aromatic nitrogens is 2. The van der Waals surface area contributed by atoms with Gasteiger partial charge in [-0.15, -0.1) is 0 Å². The third-order valence-corrected chi connectivity index (χ3v) is 4.13. The highest BCUT2D eigenvalue weighted by Gasteiger charge is 2.18. The summed E-state index contributed by atoms with van der Waals surface area (Å²) in [4.78, 5) is 31.9. The van der Waals surface area contributed by atoms with Crippen LogP contribution >= 0.6 is 0 Å². The Hall–Kier alpha value is -2.76. The zero-order chi connectivity index (χ0) is 16.9. The molecule has 1 aliphatic rings. The van der Waals surface area contributed by atoms with Gasteiger partial charge >= 0.3 is 0 Å². The highest BCUT2D eigenvalue weighted by molar-refractivity contribution is 5.95. The van der Waals surface area contributed by atoms with Crippen LogP contribution in [0.2, 0.25) is 0 Å². The largest absolute Gasteiger partial charge is 0.349 e. The maximum absolute atomic E-state index is 12.1. The Morgan fingerprint density at radius 3 is 2.46 bits per heavy atom. The molecule has 1 aromatic heterocycles. The van der Waals surface area contributed by atoms with Gasteiger partial charge < -0.3 is 10.6 Å². The molecule has 1 heterocycles. The molecular formula is C18H20N4O2. The fraction of sp³-hybridized carbons (Fsp3) is 0.333. The summed E-state index contributed by atoms with van der Waals surface area (Å²) < 4.78 is 0. The zero-order valence-electron chi connectivity index (χ0n) is 13.6. The van der Waals surface area contributed by atoms with Crippen molar-refractivity contribution in [1.82, 2.24) is 15.3 Å². The zero-order valence-corrected chi connectivity index (χ0v) is 13.6. The van der Waals surface area contributed by atoms with Crippen molar-refractivity contribution in [3.63, 3.8) is 0 Å². The fourth-order valence-electron chi connectivity index (χ4n) is 2.79. The van der Waals surface area contributed by atoms with Crippen molar-refractivity contribution in [2.24, 2.45) is 0 Å². The van der Waals surface area contributed by atoms with Crippen molar-refractivity contribution < 1.29 is 9.59 Å². The molecule has 3 rings (SSSR count). The first-order valence-corrected chi connectivity index (χ1v) is 8.13. The second-order valence-electron chi connectivity index (χ2n) is 6.01. The lowest BCUT2D eigenvalue weighted by atomic mass is 10.1. The van der Waals surface area contributed by atoms with E-state index in [-0.39, 0.29) is 17.7 Å². The van der Waals surface area contributed by atoms with E-state index < -0.39 is 0 Å². The molecule has 6 nitrogen and oxygen atoms in total. The Morgan fingerprint density at radius 1 is 1.08 bits per heavy atom. The standard InChI is InChI=1S/C18H20N4O2/c1-12(23)13-5-4-8-16(9-13)22-18-19-10-14(11-20-18)17(24)21-15-6-2-3-7-15/h4-5,8-11,15H,2-3,6-7H2,1H3,(H,21,24)(H,19,20,22). The molecule has 0 radical (unpaired) electrons. The summed E-state index contributed by atoms with van der Waals surface area (Å²) in [5.41, 5.74) is 1.79. The van der Waals surface area contributed by atoms with Gasteiger partial charge in [-0.05, 0) is 31.9 Å². The summed E-state index contributed by atoms with van der Waals surface area (Å²) in [7, 11) is 0. The summed E-state index contributed by atoms with van der Waals surface area (Å²) in [6.07, 6.45) is 7.44.